The highest BCUT2D eigenvalue weighted by atomic mass is 32.2. The molecular weight excluding hydrogens is 324 g/mol. The number of hydrogen-bond acceptors (Lipinski definition) is 5. The molecule has 0 radical (unpaired) electrons. The molecule has 2 unspecified atom stereocenters. The van der Waals surface area contributed by atoms with Crippen LogP contribution < -0.4 is 0 Å². The maximum absolute atomic E-state index is 12.5. The van der Waals surface area contributed by atoms with E-state index < -0.39 is 12.1 Å². The van der Waals surface area contributed by atoms with Crippen molar-refractivity contribution in [1.29, 1.82) is 0 Å². The van der Waals surface area contributed by atoms with Crippen molar-refractivity contribution in [2.45, 2.75) is 71.2 Å². The number of hydrogen-bond donors (Lipinski definition) is 1. The summed E-state index contributed by atoms with van der Waals surface area (Å²) in [6, 6.07) is 0. The van der Waals surface area contributed by atoms with Crippen LogP contribution in [0.4, 0.5) is 0 Å². The summed E-state index contributed by atoms with van der Waals surface area (Å²) >= 11 is 1.63. The third-order valence-corrected chi connectivity index (χ3v) is 6.53. The van der Waals surface area contributed by atoms with Gasteiger partial charge >= 0.3 is 5.97 Å². The lowest BCUT2D eigenvalue weighted by Crippen LogP contribution is -2.27. The number of ether oxygens (including phenoxy) is 1. The van der Waals surface area contributed by atoms with E-state index in [-0.39, 0.29) is 33.7 Å². The van der Waals surface area contributed by atoms with Gasteiger partial charge in [-0.15, -0.1) is 0 Å². The van der Waals surface area contributed by atoms with Crippen LogP contribution in [-0.4, -0.2) is 34.5 Å². The van der Waals surface area contributed by atoms with Gasteiger partial charge in [-0.3, -0.25) is 4.79 Å². The molecule has 1 aliphatic heterocycles. The van der Waals surface area contributed by atoms with Gasteiger partial charge in [-0.25, -0.2) is 4.79 Å². The molecule has 1 heterocycles. The molecule has 2 fully saturated rings. The molecule has 2 aliphatic rings. The highest BCUT2D eigenvalue weighted by Gasteiger charge is 2.43. The predicted octanol–water partition coefficient (Wildman–Crippen LogP) is 4.29. The Balaban J connectivity index is 2.08. The molecule has 2 rings (SSSR count). The number of rotatable bonds is 4. The van der Waals surface area contributed by atoms with E-state index in [0.717, 1.165) is 25.7 Å². The second-order valence-electron chi connectivity index (χ2n) is 8.22. The minimum Gasteiger partial charge on any atom is -0.511 e. The first kappa shape index (κ1) is 19.4. The second-order valence-corrected chi connectivity index (χ2v) is 9.49. The number of aliphatic hydroxyl groups is 1. The van der Waals surface area contributed by atoms with Gasteiger partial charge in [0.05, 0.1) is 0 Å². The van der Waals surface area contributed by atoms with Crippen LogP contribution in [0.25, 0.3) is 0 Å². The van der Waals surface area contributed by atoms with Gasteiger partial charge < -0.3 is 9.84 Å². The van der Waals surface area contributed by atoms with Crippen molar-refractivity contribution < 1.29 is 19.4 Å². The third kappa shape index (κ3) is 4.16. The average molecular weight is 355 g/mol. The standard InChI is InChI=1S/C19H30O4S/c1-11(24-5)10-14-17(21)15(18(22)23-14)16(20)12-6-8-13(9-7-12)19(2,3)4/h11-14,20H,6-10H2,1-5H3/b16-15+. The van der Waals surface area contributed by atoms with E-state index >= 15 is 0 Å². The van der Waals surface area contributed by atoms with Crippen LogP contribution in [-0.2, 0) is 14.3 Å². The molecule has 136 valence electrons. The second kappa shape index (κ2) is 7.51. The van der Waals surface area contributed by atoms with E-state index in [2.05, 4.69) is 20.8 Å². The van der Waals surface area contributed by atoms with Crippen LogP contribution in [0.15, 0.2) is 11.3 Å². The topological polar surface area (TPSA) is 63.6 Å². The Kier molecular flexibility index (Phi) is 6.05. The van der Waals surface area contributed by atoms with E-state index in [1.807, 2.05) is 13.2 Å². The van der Waals surface area contributed by atoms with E-state index in [9.17, 15) is 14.7 Å². The zero-order valence-corrected chi connectivity index (χ0v) is 16.2. The van der Waals surface area contributed by atoms with Crippen molar-refractivity contribution in [1.82, 2.24) is 0 Å². The molecule has 0 amide bonds. The fraction of sp³-hybridized carbons (Fsp3) is 0.789. The lowest BCUT2D eigenvalue weighted by molar-refractivity contribution is -0.141. The van der Waals surface area contributed by atoms with Crippen LogP contribution >= 0.6 is 11.8 Å². The monoisotopic (exact) mass is 354 g/mol. The number of esters is 1. The van der Waals surface area contributed by atoms with Gasteiger partial charge in [-0.2, -0.15) is 11.8 Å². The quantitative estimate of drug-likeness (QED) is 0.353. The van der Waals surface area contributed by atoms with Gasteiger partial charge in [-0.05, 0) is 43.3 Å². The molecule has 2 atom stereocenters. The number of allylic oxidation sites excluding steroid dienone is 1. The summed E-state index contributed by atoms with van der Waals surface area (Å²) in [5.41, 5.74) is 0.169. The zero-order chi connectivity index (χ0) is 18.1. The molecule has 24 heavy (non-hydrogen) atoms. The number of carbonyl (C=O) groups excluding carboxylic acids is 2. The molecule has 0 aromatic rings. The summed E-state index contributed by atoms with van der Waals surface area (Å²) in [4.78, 5) is 24.6. The molecular formula is C19H30O4S. The highest BCUT2D eigenvalue weighted by Crippen LogP contribution is 2.42. The summed E-state index contributed by atoms with van der Waals surface area (Å²) in [6.45, 7) is 8.73. The Morgan fingerprint density at radius 1 is 1.25 bits per heavy atom. The Morgan fingerprint density at radius 2 is 1.83 bits per heavy atom. The smallest absolute Gasteiger partial charge is 0.346 e. The van der Waals surface area contributed by atoms with Crippen LogP contribution in [0.2, 0.25) is 0 Å². The van der Waals surface area contributed by atoms with Gasteiger partial charge in [0.25, 0.3) is 0 Å². The van der Waals surface area contributed by atoms with Gasteiger partial charge in [0.15, 0.2) is 6.10 Å². The minimum absolute atomic E-state index is 0.0309. The number of cyclic esters (lactones) is 1. The van der Waals surface area contributed by atoms with Crippen molar-refractivity contribution in [2.24, 2.45) is 17.3 Å². The molecule has 0 aromatic heterocycles. The first-order valence-corrected chi connectivity index (χ1v) is 10.1. The van der Waals surface area contributed by atoms with Crippen molar-refractivity contribution in [3.63, 3.8) is 0 Å². The van der Waals surface area contributed by atoms with Crippen LogP contribution in [0.3, 0.4) is 0 Å². The average Bonchev–Trinajstić information content (AvgIpc) is 2.80. The fourth-order valence-corrected chi connectivity index (χ4v) is 4.09. The van der Waals surface area contributed by atoms with E-state index in [1.165, 1.54) is 0 Å². The van der Waals surface area contributed by atoms with E-state index in [0.29, 0.717) is 12.3 Å². The molecule has 1 aliphatic carbocycles. The molecule has 0 bridgehead atoms. The van der Waals surface area contributed by atoms with Gasteiger partial charge in [0.1, 0.15) is 11.3 Å². The number of thioether (sulfide) groups is 1. The molecule has 5 heteroatoms. The Hall–Kier alpha value is -0.970. The summed E-state index contributed by atoms with van der Waals surface area (Å²) < 4.78 is 5.23. The number of carbonyl (C=O) groups is 2. The van der Waals surface area contributed by atoms with E-state index in [4.69, 9.17) is 4.74 Å². The fourth-order valence-electron chi connectivity index (χ4n) is 3.72. The molecule has 1 saturated heterocycles. The summed E-state index contributed by atoms with van der Waals surface area (Å²) in [5.74, 6) is -0.485. The Bertz CT molecular complexity index is 524. The largest absolute Gasteiger partial charge is 0.511 e. The first-order chi connectivity index (χ1) is 11.1. The molecule has 0 aromatic carbocycles. The molecule has 0 spiro atoms. The highest BCUT2D eigenvalue weighted by molar-refractivity contribution is 7.99. The minimum atomic E-state index is -0.733. The van der Waals surface area contributed by atoms with E-state index in [1.54, 1.807) is 11.8 Å². The molecule has 1 saturated carbocycles. The zero-order valence-electron chi connectivity index (χ0n) is 15.4. The van der Waals surface area contributed by atoms with Gasteiger partial charge in [0, 0.05) is 17.6 Å². The maximum atomic E-state index is 12.5. The van der Waals surface area contributed by atoms with Crippen molar-refractivity contribution in [3.05, 3.63) is 11.3 Å². The Labute approximate surface area is 149 Å². The van der Waals surface area contributed by atoms with Gasteiger partial charge in [0.2, 0.25) is 5.78 Å². The first-order valence-electron chi connectivity index (χ1n) is 8.86. The van der Waals surface area contributed by atoms with Crippen LogP contribution in [0, 0.1) is 17.3 Å². The van der Waals surface area contributed by atoms with Crippen molar-refractivity contribution in [3.8, 4) is 0 Å². The van der Waals surface area contributed by atoms with Crippen LogP contribution in [0.1, 0.15) is 59.8 Å². The number of Topliss-reactive ketones (excluding diaryl/α,β-unsaturated/α-hetero) is 1. The SMILES string of the molecule is CSC(C)CC1OC(=O)/C(=C(/O)C2CCC(C(C)(C)C)CC2)C1=O. The maximum Gasteiger partial charge on any atom is 0.346 e. The lowest BCUT2D eigenvalue weighted by Gasteiger charge is -2.36. The van der Waals surface area contributed by atoms with Crippen LogP contribution in [0.5, 0.6) is 0 Å². The lowest BCUT2D eigenvalue weighted by atomic mass is 9.69. The number of aliphatic hydroxyl groups excluding tert-OH is 1. The summed E-state index contributed by atoms with van der Waals surface area (Å²) in [5, 5.41) is 10.8. The summed E-state index contributed by atoms with van der Waals surface area (Å²) in [7, 11) is 0. The van der Waals surface area contributed by atoms with Crippen molar-refractivity contribution >= 4 is 23.5 Å². The third-order valence-electron chi connectivity index (χ3n) is 5.54. The number of ketones is 1. The van der Waals surface area contributed by atoms with Gasteiger partial charge in [-0.1, -0.05) is 27.7 Å². The van der Waals surface area contributed by atoms with Crippen molar-refractivity contribution in [2.75, 3.05) is 6.26 Å². The summed E-state index contributed by atoms with van der Waals surface area (Å²) in [6.07, 6.45) is 5.41. The normalized spacial score (nSPS) is 31.8. The molecule has 1 N–H and O–H groups in total. The Morgan fingerprint density at radius 3 is 2.33 bits per heavy atom. The molecule has 4 nitrogen and oxygen atoms in total. The predicted molar refractivity (Wildman–Crippen MR) is 97.0 cm³/mol.